The Morgan fingerprint density at radius 3 is 2.56 bits per heavy atom. The Hall–Kier alpha value is -3.37. The van der Waals surface area contributed by atoms with Crippen LogP contribution in [0.4, 0.5) is 9.18 Å². The van der Waals surface area contributed by atoms with Crippen LogP contribution in [-0.2, 0) is 20.9 Å². The number of morpholine rings is 1. The quantitative estimate of drug-likeness (QED) is 0.555. The van der Waals surface area contributed by atoms with Gasteiger partial charge in [0.15, 0.2) is 11.5 Å². The fourth-order valence-corrected chi connectivity index (χ4v) is 4.31. The second-order valence-electron chi connectivity index (χ2n) is 7.59. The fourth-order valence-electron chi connectivity index (χ4n) is 3.47. The topological polar surface area (TPSA) is 85.4 Å². The fraction of sp³-hybridized carbons (Fsp3) is 0.292. The van der Waals surface area contributed by atoms with Crippen molar-refractivity contribution in [3.8, 4) is 11.5 Å². The number of amides is 3. The van der Waals surface area contributed by atoms with Crippen LogP contribution in [-0.4, -0.2) is 66.8 Å². The molecule has 0 aliphatic carbocycles. The van der Waals surface area contributed by atoms with E-state index in [1.165, 1.54) is 19.2 Å². The van der Waals surface area contributed by atoms with Gasteiger partial charge < -0.3 is 19.1 Å². The molecule has 0 bridgehead atoms. The van der Waals surface area contributed by atoms with E-state index in [0.29, 0.717) is 43.4 Å². The minimum atomic E-state index is -0.507. The van der Waals surface area contributed by atoms with Gasteiger partial charge in [-0.25, -0.2) is 4.39 Å². The average molecular weight is 487 g/mol. The Balaban J connectivity index is 1.43. The van der Waals surface area contributed by atoms with Gasteiger partial charge in [0.25, 0.3) is 11.1 Å². The van der Waals surface area contributed by atoms with Crippen molar-refractivity contribution in [2.24, 2.45) is 0 Å². The molecule has 4 rings (SSSR count). The predicted molar refractivity (Wildman–Crippen MR) is 124 cm³/mol. The summed E-state index contributed by atoms with van der Waals surface area (Å²) in [5, 5.41) is -0.482. The molecular weight excluding hydrogens is 463 g/mol. The lowest BCUT2D eigenvalue weighted by molar-refractivity contribution is -0.139. The second kappa shape index (κ2) is 10.7. The molecule has 2 fully saturated rings. The van der Waals surface area contributed by atoms with Crippen LogP contribution < -0.4 is 9.47 Å². The molecule has 0 saturated carbocycles. The largest absolute Gasteiger partial charge is 0.493 e. The van der Waals surface area contributed by atoms with Crippen LogP contribution in [0, 0.1) is 5.82 Å². The minimum absolute atomic E-state index is 0.224. The molecule has 0 spiro atoms. The van der Waals surface area contributed by atoms with Crippen molar-refractivity contribution in [1.29, 1.82) is 0 Å². The highest BCUT2D eigenvalue weighted by atomic mass is 32.2. The van der Waals surface area contributed by atoms with Gasteiger partial charge in [0, 0.05) is 13.1 Å². The van der Waals surface area contributed by atoms with Crippen molar-refractivity contribution in [1.82, 2.24) is 9.80 Å². The summed E-state index contributed by atoms with van der Waals surface area (Å²) in [4.78, 5) is 40.4. The highest BCUT2D eigenvalue weighted by Gasteiger charge is 2.37. The summed E-state index contributed by atoms with van der Waals surface area (Å²) in [6.45, 7) is 1.71. The van der Waals surface area contributed by atoms with Crippen LogP contribution in [0.5, 0.6) is 11.5 Å². The predicted octanol–water partition coefficient (Wildman–Crippen LogP) is 3.31. The van der Waals surface area contributed by atoms with E-state index in [4.69, 9.17) is 14.2 Å². The van der Waals surface area contributed by atoms with Gasteiger partial charge >= 0.3 is 0 Å². The summed E-state index contributed by atoms with van der Waals surface area (Å²) in [5.74, 6) is -0.185. The molecule has 0 radical (unpaired) electrons. The van der Waals surface area contributed by atoms with Crippen LogP contribution in [0.1, 0.15) is 11.1 Å². The maximum atomic E-state index is 13.1. The average Bonchev–Trinajstić information content (AvgIpc) is 3.11. The van der Waals surface area contributed by atoms with E-state index in [2.05, 4.69) is 0 Å². The summed E-state index contributed by atoms with van der Waals surface area (Å²) in [7, 11) is 1.50. The van der Waals surface area contributed by atoms with Gasteiger partial charge in [-0.3, -0.25) is 19.3 Å². The third-order valence-electron chi connectivity index (χ3n) is 5.32. The number of halogens is 1. The molecule has 3 amide bonds. The minimum Gasteiger partial charge on any atom is -0.493 e. The number of methoxy groups -OCH3 is 1. The van der Waals surface area contributed by atoms with Gasteiger partial charge in [0.2, 0.25) is 5.91 Å². The first-order valence-corrected chi connectivity index (χ1v) is 11.4. The molecule has 0 aromatic heterocycles. The number of benzene rings is 2. The molecule has 178 valence electrons. The van der Waals surface area contributed by atoms with Gasteiger partial charge in [-0.1, -0.05) is 18.2 Å². The van der Waals surface area contributed by atoms with Gasteiger partial charge in [-0.2, -0.15) is 0 Å². The molecule has 2 aliphatic rings. The number of imide groups is 1. The lowest BCUT2D eigenvalue weighted by atomic mass is 10.1. The number of rotatable bonds is 7. The first kappa shape index (κ1) is 23.8. The third-order valence-corrected chi connectivity index (χ3v) is 6.23. The van der Waals surface area contributed by atoms with Gasteiger partial charge in [0.05, 0.1) is 25.2 Å². The maximum Gasteiger partial charge on any atom is 0.294 e. The first-order chi connectivity index (χ1) is 16.4. The molecule has 0 N–H and O–H groups in total. The molecule has 2 saturated heterocycles. The molecule has 0 unspecified atom stereocenters. The smallest absolute Gasteiger partial charge is 0.294 e. The van der Waals surface area contributed by atoms with Crippen molar-refractivity contribution in [2.75, 3.05) is 40.0 Å². The summed E-state index contributed by atoms with van der Waals surface area (Å²) < 4.78 is 29.5. The van der Waals surface area contributed by atoms with Crippen molar-refractivity contribution >= 4 is 34.9 Å². The third kappa shape index (κ3) is 5.57. The Bertz CT molecular complexity index is 1110. The maximum absolute atomic E-state index is 13.1. The van der Waals surface area contributed by atoms with Crippen molar-refractivity contribution < 1.29 is 33.0 Å². The molecular formula is C24H23FN2O6S. The number of hydrogen-bond donors (Lipinski definition) is 0. The Kier molecular flexibility index (Phi) is 7.49. The highest BCUT2D eigenvalue weighted by Crippen LogP contribution is 2.34. The molecule has 2 aliphatic heterocycles. The molecule has 2 aromatic carbocycles. The van der Waals surface area contributed by atoms with E-state index in [1.54, 1.807) is 41.3 Å². The normalized spacial score (nSPS) is 17.4. The van der Waals surface area contributed by atoms with E-state index in [0.717, 1.165) is 22.2 Å². The number of carbonyl (C=O) groups excluding carboxylic acids is 3. The van der Waals surface area contributed by atoms with E-state index in [1.807, 2.05) is 0 Å². The van der Waals surface area contributed by atoms with Crippen LogP contribution in [0.25, 0.3) is 6.08 Å². The van der Waals surface area contributed by atoms with Crippen LogP contribution >= 0.6 is 11.8 Å². The lowest BCUT2D eigenvalue weighted by Gasteiger charge is -2.28. The monoisotopic (exact) mass is 486 g/mol. The van der Waals surface area contributed by atoms with Gasteiger partial charge in [-0.05, 0) is 53.2 Å². The van der Waals surface area contributed by atoms with Gasteiger partial charge in [0.1, 0.15) is 19.0 Å². The molecule has 2 heterocycles. The van der Waals surface area contributed by atoms with Crippen molar-refractivity contribution in [3.05, 3.63) is 64.3 Å². The van der Waals surface area contributed by atoms with E-state index < -0.39 is 11.1 Å². The highest BCUT2D eigenvalue weighted by molar-refractivity contribution is 8.18. The Morgan fingerprint density at radius 2 is 1.85 bits per heavy atom. The number of nitrogens with zero attached hydrogens (tertiary/aromatic N) is 2. The molecule has 0 atom stereocenters. The Morgan fingerprint density at radius 1 is 1.12 bits per heavy atom. The van der Waals surface area contributed by atoms with Crippen LogP contribution in [0.3, 0.4) is 0 Å². The summed E-state index contributed by atoms with van der Waals surface area (Å²) >= 11 is 0.792. The second-order valence-corrected chi connectivity index (χ2v) is 8.58. The first-order valence-electron chi connectivity index (χ1n) is 10.6. The summed E-state index contributed by atoms with van der Waals surface area (Å²) in [6.07, 6.45) is 1.58. The summed E-state index contributed by atoms with van der Waals surface area (Å²) in [5.41, 5.74) is 1.43. The lowest BCUT2D eigenvalue weighted by Crippen LogP contribution is -2.46. The standard InChI is InChI=1S/C24H23FN2O6S/c1-31-20-12-17(4-7-19(20)33-15-16-2-5-18(25)6-3-16)13-21-23(29)27(24(30)34-21)14-22(28)26-8-10-32-11-9-26/h2-7,12-13H,8-11,14-15H2,1H3/b21-13-. The molecule has 10 heteroatoms. The van der Waals surface area contributed by atoms with Crippen molar-refractivity contribution in [3.63, 3.8) is 0 Å². The number of hydrogen-bond acceptors (Lipinski definition) is 7. The Labute approximate surface area is 200 Å². The van der Waals surface area contributed by atoms with Gasteiger partial charge in [-0.15, -0.1) is 0 Å². The van der Waals surface area contributed by atoms with Crippen LogP contribution in [0.2, 0.25) is 0 Å². The number of thioether (sulfide) groups is 1. The zero-order valence-corrected chi connectivity index (χ0v) is 19.3. The van der Waals surface area contributed by atoms with Crippen LogP contribution in [0.15, 0.2) is 47.4 Å². The number of carbonyl (C=O) groups is 3. The van der Waals surface area contributed by atoms with Crippen molar-refractivity contribution in [2.45, 2.75) is 6.61 Å². The van der Waals surface area contributed by atoms with E-state index in [-0.39, 0.29) is 29.8 Å². The van der Waals surface area contributed by atoms with E-state index in [9.17, 15) is 18.8 Å². The molecule has 2 aromatic rings. The summed E-state index contributed by atoms with van der Waals surface area (Å²) in [6, 6.07) is 11.1. The SMILES string of the molecule is COc1cc(/C=C2\SC(=O)N(CC(=O)N3CCOCC3)C2=O)ccc1OCc1ccc(F)cc1. The van der Waals surface area contributed by atoms with E-state index >= 15 is 0 Å². The number of ether oxygens (including phenoxy) is 3. The molecule has 8 nitrogen and oxygen atoms in total. The molecule has 34 heavy (non-hydrogen) atoms. The zero-order chi connectivity index (χ0) is 24.1. The zero-order valence-electron chi connectivity index (χ0n) is 18.5.